The van der Waals surface area contributed by atoms with Crippen LogP contribution in [-0.4, -0.2) is 22.9 Å². The van der Waals surface area contributed by atoms with E-state index in [0.29, 0.717) is 23.5 Å². The van der Waals surface area contributed by atoms with E-state index in [1.54, 1.807) is 0 Å². The highest BCUT2D eigenvalue weighted by Gasteiger charge is 2.28. The Balaban J connectivity index is 2.04. The Hall–Kier alpha value is -1.02. The van der Waals surface area contributed by atoms with Gasteiger partial charge >= 0.3 is 0 Å². The molecule has 1 aliphatic heterocycles. The van der Waals surface area contributed by atoms with Gasteiger partial charge in [-0.15, -0.1) is 0 Å². The van der Waals surface area contributed by atoms with Crippen LogP contribution < -0.4 is 0 Å². The summed E-state index contributed by atoms with van der Waals surface area (Å²) in [5.74, 6) is 0.233. The second kappa shape index (κ2) is 5.75. The summed E-state index contributed by atoms with van der Waals surface area (Å²) in [5.41, 5.74) is 1.04. The van der Waals surface area contributed by atoms with Gasteiger partial charge in [0.15, 0.2) is 0 Å². The Morgan fingerprint density at radius 3 is 2.33 bits per heavy atom. The molecule has 1 saturated heterocycles. The fourth-order valence-electron chi connectivity index (χ4n) is 2.78. The number of halogens is 1. The highest BCUT2D eigenvalue weighted by atomic mass is 35.5. The van der Waals surface area contributed by atoms with Crippen molar-refractivity contribution in [2.75, 3.05) is 0 Å². The largest absolute Gasteiger partial charge is 0.337 e. The molecule has 3 heteroatoms. The van der Waals surface area contributed by atoms with E-state index in [9.17, 15) is 4.79 Å². The SMILES string of the molecule is C[C@H]1CCC[C@H](C)N1C(=O)Cc1ccc(Cl)cc1. The Kier molecular flexibility index (Phi) is 4.28. The maximum absolute atomic E-state index is 12.4. The summed E-state index contributed by atoms with van der Waals surface area (Å²) in [6.07, 6.45) is 3.95. The lowest BCUT2D eigenvalue weighted by Crippen LogP contribution is -2.48. The molecule has 0 unspecified atom stereocenters. The average Bonchev–Trinajstić information content (AvgIpc) is 2.32. The molecule has 1 aromatic rings. The smallest absolute Gasteiger partial charge is 0.227 e. The summed E-state index contributed by atoms with van der Waals surface area (Å²) in [5, 5.41) is 0.714. The number of likely N-dealkylation sites (tertiary alicyclic amines) is 1. The number of carbonyl (C=O) groups is 1. The molecule has 1 heterocycles. The number of carbonyl (C=O) groups excluding carboxylic acids is 1. The second-order valence-corrected chi connectivity index (χ2v) is 5.67. The van der Waals surface area contributed by atoms with Crippen molar-refractivity contribution < 1.29 is 4.79 Å². The van der Waals surface area contributed by atoms with Crippen molar-refractivity contribution >= 4 is 17.5 Å². The summed E-state index contributed by atoms with van der Waals surface area (Å²) < 4.78 is 0. The number of piperidine rings is 1. The molecule has 0 radical (unpaired) electrons. The van der Waals surface area contributed by atoms with Gasteiger partial charge in [-0.1, -0.05) is 23.7 Å². The van der Waals surface area contributed by atoms with Crippen LogP contribution in [0.4, 0.5) is 0 Å². The normalized spacial score (nSPS) is 24.1. The molecular formula is C15H20ClNO. The van der Waals surface area contributed by atoms with E-state index in [2.05, 4.69) is 18.7 Å². The van der Waals surface area contributed by atoms with Crippen molar-refractivity contribution in [3.8, 4) is 0 Å². The van der Waals surface area contributed by atoms with E-state index in [0.717, 1.165) is 18.4 Å². The highest BCUT2D eigenvalue weighted by molar-refractivity contribution is 6.30. The van der Waals surface area contributed by atoms with Gasteiger partial charge in [-0.25, -0.2) is 0 Å². The first kappa shape index (κ1) is 13.4. The van der Waals surface area contributed by atoms with E-state index in [4.69, 9.17) is 11.6 Å². The van der Waals surface area contributed by atoms with Crippen LogP contribution in [0.15, 0.2) is 24.3 Å². The number of benzene rings is 1. The minimum absolute atomic E-state index is 0.233. The molecular weight excluding hydrogens is 246 g/mol. The number of amides is 1. The summed E-state index contributed by atoms with van der Waals surface area (Å²) in [6.45, 7) is 4.30. The average molecular weight is 266 g/mol. The van der Waals surface area contributed by atoms with Gasteiger partial charge in [-0.05, 0) is 50.8 Å². The summed E-state index contributed by atoms with van der Waals surface area (Å²) in [4.78, 5) is 14.4. The Bertz CT molecular complexity index is 405. The molecule has 0 spiro atoms. The van der Waals surface area contributed by atoms with Crippen LogP contribution in [0.3, 0.4) is 0 Å². The van der Waals surface area contributed by atoms with E-state index < -0.39 is 0 Å². The first-order chi connectivity index (χ1) is 8.58. The number of hydrogen-bond acceptors (Lipinski definition) is 1. The minimum atomic E-state index is 0.233. The third-order valence-corrected chi connectivity index (χ3v) is 4.00. The van der Waals surface area contributed by atoms with Crippen LogP contribution in [0.25, 0.3) is 0 Å². The molecule has 1 aliphatic rings. The van der Waals surface area contributed by atoms with Gasteiger partial charge in [0.2, 0.25) is 5.91 Å². The molecule has 0 bridgehead atoms. The van der Waals surface area contributed by atoms with Crippen molar-refractivity contribution in [1.29, 1.82) is 0 Å². The van der Waals surface area contributed by atoms with E-state index in [-0.39, 0.29) is 5.91 Å². The van der Waals surface area contributed by atoms with Crippen molar-refractivity contribution in [2.45, 2.75) is 51.6 Å². The summed E-state index contributed by atoms with van der Waals surface area (Å²) >= 11 is 5.85. The van der Waals surface area contributed by atoms with Gasteiger partial charge in [0.05, 0.1) is 6.42 Å². The molecule has 0 saturated carbocycles. The lowest BCUT2D eigenvalue weighted by atomic mass is 9.96. The predicted octanol–water partition coefficient (Wildman–Crippen LogP) is 3.67. The number of hydrogen-bond donors (Lipinski definition) is 0. The minimum Gasteiger partial charge on any atom is -0.337 e. The molecule has 0 aromatic heterocycles. The zero-order valence-electron chi connectivity index (χ0n) is 11.0. The quantitative estimate of drug-likeness (QED) is 0.799. The van der Waals surface area contributed by atoms with Gasteiger partial charge in [-0.3, -0.25) is 4.79 Å². The third-order valence-electron chi connectivity index (χ3n) is 3.75. The first-order valence-corrected chi connectivity index (χ1v) is 7.01. The molecule has 0 N–H and O–H groups in total. The Labute approximate surface area is 114 Å². The molecule has 18 heavy (non-hydrogen) atoms. The maximum atomic E-state index is 12.4. The summed E-state index contributed by atoms with van der Waals surface area (Å²) in [6, 6.07) is 8.28. The predicted molar refractivity (Wildman–Crippen MR) is 74.8 cm³/mol. The lowest BCUT2D eigenvalue weighted by molar-refractivity contribution is -0.136. The van der Waals surface area contributed by atoms with Crippen LogP contribution in [-0.2, 0) is 11.2 Å². The highest BCUT2D eigenvalue weighted by Crippen LogP contribution is 2.23. The monoisotopic (exact) mass is 265 g/mol. The van der Waals surface area contributed by atoms with Crippen molar-refractivity contribution in [1.82, 2.24) is 4.90 Å². The van der Waals surface area contributed by atoms with E-state index in [1.807, 2.05) is 24.3 Å². The van der Waals surface area contributed by atoms with Crippen molar-refractivity contribution in [3.63, 3.8) is 0 Å². The zero-order valence-corrected chi connectivity index (χ0v) is 11.8. The van der Waals surface area contributed by atoms with Crippen LogP contribution in [0.5, 0.6) is 0 Å². The summed E-state index contributed by atoms with van der Waals surface area (Å²) in [7, 11) is 0. The molecule has 1 amide bonds. The second-order valence-electron chi connectivity index (χ2n) is 5.23. The standard InChI is InChI=1S/C15H20ClNO/c1-11-4-3-5-12(2)17(11)15(18)10-13-6-8-14(16)9-7-13/h6-9,11-12H,3-5,10H2,1-2H3/t11-,12-/m0/s1. The molecule has 98 valence electrons. The maximum Gasteiger partial charge on any atom is 0.227 e. The number of nitrogens with zero attached hydrogens (tertiary/aromatic N) is 1. The molecule has 0 aliphatic carbocycles. The number of rotatable bonds is 2. The van der Waals surface area contributed by atoms with Crippen molar-refractivity contribution in [2.24, 2.45) is 0 Å². The molecule has 2 rings (SSSR count). The van der Waals surface area contributed by atoms with Gasteiger partial charge in [-0.2, -0.15) is 0 Å². The lowest BCUT2D eigenvalue weighted by Gasteiger charge is -2.39. The fourth-order valence-corrected chi connectivity index (χ4v) is 2.91. The van der Waals surface area contributed by atoms with Gasteiger partial charge in [0, 0.05) is 17.1 Å². The van der Waals surface area contributed by atoms with Gasteiger partial charge < -0.3 is 4.90 Å². The van der Waals surface area contributed by atoms with Crippen LogP contribution in [0.2, 0.25) is 5.02 Å². The third kappa shape index (κ3) is 3.05. The topological polar surface area (TPSA) is 20.3 Å². The van der Waals surface area contributed by atoms with E-state index >= 15 is 0 Å². The van der Waals surface area contributed by atoms with Crippen LogP contribution in [0, 0.1) is 0 Å². The Morgan fingerprint density at radius 2 is 1.78 bits per heavy atom. The zero-order chi connectivity index (χ0) is 13.1. The first-order valence-electron chi connectivity index (χ1n) is 6.63. The van der Waals surface area contributed by atoms with Crippen LogP contribution in [0.1, 0.15) is 38.7 Å². The molecule has 1 aromatic carbocycles. The van der Waals surface area contributed by atoms with Crippen molar-refractivity contribution in [3.05, 3.63) is 34.9 Å². The van der Waals surface area contributed by atoms with Gasteiger partial charge in [0.1, 0.15) is 0 Å². The molecule has 2 atom stereocenters. The van der Waals surface area contributed by atoms with Crippen LogP contribution >= 0.6 is 11.6 Å². The molecule has 2 nitrogen and oxygen atoms in total. The van der Waals surface area contributed by atoms with E-state index in [1.165, 1.54) is 6.42 Å². The fraction of sp³-hybridized carbons (Fsp3) is 0.533. The van der Waals surface area contributed by atoms with Gasteiger partial charge in [0.25, 0.3) is 0 Å². The Morgan fingerprint density at radius 1 is 1.22 bits per heavy atom. The molecule has 1 fully saturated rings.